The lowest BCUT2D eigenvalue weighted by Gasteiger charge is -2.12. The van der Waals surface area contributed by atoms with Crippen molar-refractivity contribution in [3.8, 4) is 0 Å². The summed E-state index contributed by atoms with van der Waals surface area (Å²) in [4.78, 5) is 0. The van der Waals surface area contributed by atoms with Gasteiger partial charge in [0, 0.05) is 0 Å². The van der Waals surface area contributed by atoms with Gasteiger partial charge >= 0.3 is 0 Å². The molecule has 0 aliphatic carbocycles. The average Bonchev–Trinajstić information content (AvgIpc) is 2.12. The molecule has 0 fully saturated rings. The molecule has 72 valence electrons. The number of hydrogen-bond donors (Lipinski definition) is 2. The third kappa shape index (κ3) is 2.14. The fourth-order valence-corrected chi connectivity index (χ4v) is 1.48. The van der Waals surface area contributed by atoms with Crippen molar-refractivity contribution in [3.05, 3.63) is 28.3 Å². The smallest absolute Gasteiger partial charge is 0.0641 e. The second-order valence-electron chi connectivity index (χ2n) is 3.37. The molecule has 1 rings (SSSR count). The number of rotatable bonds is 2. The molecule has 4 N–H and O–H groups in total. The summed E-state index contributed by atoms with van der Waals surface area (Å²) in [7, 11) is 0. The predicted molar refractivity (Wildman–Crippen MR) is 58.1 cm³/mol. The molecule has 2 nitrogen and oxygen atoms in total. The SMILES string of the molecule is Cc1cc([C@@H](C)CN)cc(Cl)c1N. The van der Waals surface area contributed by atoms with Gasteiger partial charge in [-0.3, -0.25) is 0 Å². The Kier molecular flexibility index (Phi) is 3.17. The Bertz CT molecular complexity index is 287. The first kappa shape index (κ1) is 10.4. The maximum atomic E-state index is 5.95. The zero-order valence-electron chi connectivity index (χ0n) is 7.97. The summed E-state index contributed by atoms with van der Waals surface area (Å²) < 4.78 is 0. The van der Waals surface area contributed by atoms with E-state index in [0.29, 0.717) is 23.2 Å². The normalized spacial score (nSPS) is 12.9. The molecule has 0 aromatic heterocycles. The van der Waals surface area contributed by atoms with E-state index in [-0.39, 0.29) is 0 Å². The minimum Gasteiger partial charge on any atom is -0.397 e. The van der Waals surface area contributed by atoms with Crippen LogP contribution in [0.3, 0.4) is 0 Å². The van der Waals surface area contributed by atoms with Crippen LogP contribution in [0, 0.1) is 6.92 Å². The Morgan fingerprint density at radius 3 is 2.54 bits per heavy atom. The van der Waals surface area contributed by atoms with E-state index >= 15 is 0 Å². The molecule has 1 atom stereocenters. The molecule has 3 heteroatoms. The molecule has 0 radical (unpaired) electrons. The standard InChI is InChI=1S/C10H15ClN2/c1-6-3-8(7(2)5-12)4-9(11)10(6)13/h3-4,7H,5,12-13H2,1-2H3/t7-/m0/s1. The van der Waals surface area contributed by atoms with Crippen LogP contribution in [0.25, 0.3) is 0 Å². The van der Waals surface area contributed by atoms with Crippen LogP contribution in [0.1, 0.15) is 24.0 Å². The van der Waals surface area contributed by atoms with Crippen LogP contribution < -0.4 is 11.5 Å². The zero-order valence-corrected chi connectivity index (χ0v) is 8.73. The number of benzene rings is 1. The molecular formula is C10H15ClN2. The molecule has 0 amide bonds. The van der Waals surface area contributed by atoms with Gasteiger partial charge in [0.25, 0.3) is 0 Å². The Balaban J connectivity index is 3.13. The average molecular weight is 199 g/mol. The maximum absolute atomic E-state index is 5.95. The summed E-state index contributed by atoms with van der Waals surface area (Å²) in [6.45, 7) is 4.65. The minimum absolute atomic E-state index is 0.330. The molecule has 1 aromatic carbocycles. The Labute approximate surface area is 83.9 Å². The molecule has 0 unspecified atom stereocenters. The van der Waals surface area contributed by atoms with E-state index in [9.17, 15) is 0 Å². The molecule has 0 bridgehead atoms. The summed E-state index contributed by atoms with van der Waals surface area (Å²) in [6.07, 6.45) is 0. The number of anilines is 1. The summed E-state index contributed by atoms with van der Waals surface area (Å²) in [6, 6.07) is 3.93. The minimum atomic E-state index is 0.330. The van der Waals surface area contributed by atoms with E-state index in [2.05, 4.69) is 6.92 Å². The molecule has 13 heavy (non-hydrogen) atoms. The first-order valence-corrected chi connectivity index (χ1v) is 4.69. The Hall–Kier alpha value is -0.730. The summed E-state index contributed by atoms with van der Waals surface area (Å²) in [5.41, 5.74) is 14.1. The highest BCUT2D eigenvalue weighted by Crippen LogP contribution is 2.27. The van der Waals surface area contributed by atoms with Crippen LogP contribution in [0.15, 0.2) is 12.1 Å². The highest BCUT2D eigenvalue weighted by Gasteiger charge is 2.07. The quantitative estimate of drug-likeness (QED) is 0.717. The van der Waals surface area contributed by atoms with Crippen LogP contribution in [0.4, 0.5) is 5.69 Å². The van der Waals surface area contributed by atoms with Gasteiger partial charge in [0.2, 0.25) is 0 Å². The van der Waals surface area contributed by atoms with Crippen molar-refractivity contribution in [3.63, 3.8) is 0 Å². The molecule has 0 spiro atoms. The van der Waals surface area contributed by atoms with Crippen molar-refractivity contribution >= 4 is 17.3 Å². The molecule has 0 aliphatic heterocycles. The van der Waals surface area contributed by atoms with E-state index in [0.717, 1.165) is 11.1 Å². The van der Waals surface area contributed by atoms with E-state index in [1.807, 2.05) is 19.1 Å². The predicted octanol–water partition coefficient (Wildman–Crippen LogP) is 2.29. The van der Waals surface area contributed by atoms with Crippen molar-refractivity contribution in [1.29, 1.82) is 0 Å². The van der Waals surface area contributed by atoms with Crippen LogP contribution in [0.2, 0.25) is 5.02 Å². The van der Waals surface area contributed by atoms with E-state index in [1.165, 1.54) is 0 Å². The highest BCUT2D eigenvalue weighted by molar-refractivity contribution is 6.33. The zero-order chi connectivity index (χ0) is 10.0. The second-order valence-corrected chi connectivity index (χ2v) is 3.78. The molecule has 1 aromatic rings. The van der Waals surface area contributed by atoms with Crippen molar-refractivity contribution in [1.82, 2.24) is 0 Å². The second kappa shape index (κ2) is 3.99. The topological polar surface area (TPSA) is 52.0 Å². The van der Waals surface area contributed by atoms with Crippen molar-refractivity contribution < 1.29 is 0 Å². The summed E-state index contributed by atoms with van der Waals surface area (Å²) in [5, 5.41) is 0.621. The molecule has 0 aliphatic rings. The van der Waals surface area contributed by atoms with Gasteiger partial charge in [-0.2, -0.15) is 0 Å². The summed E-state index contributed by atoms with van der Waals surface area (Å²) >= 11 is 5.95. The van der Waals surface area contributed by atoms with Gasteiger partial charge in [0.1, 0.15) is 0 Å². The lowest BCUT2D eigenvalue weighted by Crippen LogP contribution is -2.09. The van der Waals surface area contributed by atoms with Crippen LogP contribution in [-0.2, 0) is 0 Å². The summed E-state index contributed by atoms with van der Waals surface area (Å²) in [5.74, 6) is 0.330. The number of aryl methyl sites for hydroxylation is 1. The highest BCUT2D eigenvalue weighted by atomic mass is 35.5. The number of halogens is 1. The maximum Gasteiger partial charge on any atom is 0.0641 e. The van der Waals surface area contributed by atoms with Gasteiger partial charge in [-0.15, -0.1) is 0 Å². The first-order valence-electron chi connectivity index (χ1n) is 4.31. The fourth-order valence-electron chi connectivity index (χ4n) is 1.20. The van der Waals surface area contributed by atoms with E-state index in [4.69, 9.17) is 23.1 Å². The van der Waals surface area contributed by atoms with Crippen molar-refractivity contribution in [2.24, 2.45) is 5.73 Å². The monoisotopic (exact) mass is 198 g/mol. The van der Waals surface area contributed by atoms with Gasteiger partial charge in [0.15, 0.2) is 0 Å². The van der Waals surface area contributed by atoms with E-state index < -0.39 is 0 Å². The van der Waals surface area contributed by atoms with Gasteiger partial charge in [-0.25, -0.2) is 0 Å². The molecule has 0 saturated carbocycles. The third-order valence-corrected chi connectivity index (χ3v) is 2.59. The fraction of sp³-hybridized carbons (Fsp3) is 0.400. The number of nitrogens with two attached hydrogens (primary N) is 2. The van der Waals surface area contributed by atoms with Gasteiger partial charge < -0.3 is 11.5 Å². The van der Waals surface area contributed by atoms with E-state index in [1.54, 1.807) is 0 Å². The molecule has 0 saturated heterocycles. The lowest BCUT2D eigenvalue weighted by molar-refractivity contribution is 0.773. The largest absolute Gasteiger partial charge is 0.397 e. The third-order valence-electron chi connectivity index (χ3n) is 2.28. The van der Waals surface area contributed by atoms with Crippen molar-refractivity contribution in [2.75, 3.05) is 12.3 Å². The van der Waals surface area contributed by atoms with Crippen LogP contribution in [0.5, 0.6) is 0 Å². The lowest BCUT2D eigenvalue weighted by atomic mass is 9.99. The number of nitrogen functional groups attached to an aromatic ring is 1. The molecule has 0 heterocycles. The van der Waals surface area contributed by atoms with Gasteiger partial charge in [-0.05, 0) is 36.6 Å². The van der Waals surface area contributed by atoms with Crippen LogP contribution in [-0.4, -0.2) is 6.54 Å². The number of hydrogen-bond acceptors (Lipinski definition) is 2. The Morgan fingerprint density at radius 1 is 1.46 bits per heavy atom. The Morgan fingerprint density at radius 2 is 2.08 bits per heavy atom. The molecular weight excluding hydrogens is 184 g/mol. The first-order chi connectivity index (χ1) is 6.06. The van der Waals surface area contributed by atoms with Crippen molar-refractivity contribution in [2.45, 2.75) is 19.8 Å². The van der Waals surface area contributed by atoms with Gasteiger partial charge in [-0.1, -0.05) is 24.6 Å². The van der Waals surface area contributed by atoms with Crippen LogP contribution >= 0.6 is 11.6 Å². The van der Waals surface area contributed by atoms with Gasteiger partial charge in [0.05, 0.1) is 10.7 Å².